The van der Waals surface area contributed by atoms with Crippen LogP contribution in [0.5, 0.6) is 0 Å². The second-order valence-corrected chi connectivity index (χ2v) is 6.47. The Kier molecular flexibility index (Phi) is 4.51. The van der Waals surface area contributed by atoms with Gasteiger partial charge in [-0.3, -0.25) is 4.79 Å². The van der Waals surface area contributed by atoms with Gasteiger partial charge >= 0.3 is 0 Å². The molecule has 22 heavy (non-hydrogen) atoms. The van der Waals surface area contributed by atoms with Gasteiger partial charge in [-0.05, 0) is 32.4 Å². The third kappa shape index (κ3) is 3.65. The van der Waals surface area contributed by atoms with Gasteiger partial charge in [0, 0.05) is 5.56 Å². The topological polar surface area (TPSA) is 76.4 Å². The van der Waals surface area contributed by atoms with E-state index in [4.69, 9.17) is 4.42 Å². The van der Waals surface area contributed by atoms with Crippen molar-refractivity contribution in [2.24, 2.45) is 0 Å². The number of aryl methyl sites for hydroxylation is 2. The molecule has 0 spiro atoms. The highest BCUT2D eigenvalue weighted by Gasteiger charge is 2.21. The van der Waals surface area contributed by atoms with Gasteiger partial charge in [0.25, 0.3) is 15.9 Å². The van der Waals surface area contributed by atoms with Crippen molar-refractivity contribution >= 4 is 22.0 Å². The predicted octanol–water partition coefficient (Wildman–Crippen LogP) is 2.94. The monoisotopic (exact) mass is 319 g/mol. The van der Waals surface area contributed by atoms with Crippen LogP contribution in [-0.2, 0) is 10.0 Å². The lowest BCUT2D eigenvalue weighted by molar-refractivity contribution is 0.0980. The number of carbonyl (C=O) groups is 1. The molecule has 0 aliphatic heterocycles. The lowest BCUT2D eigenvalue weighted by Crippen LogP contribution is -2.29. The van der Waals surface area contributed by atoms with Crippen LogP contribution >= 0.6 is 0 Å². The summed E-state index contributed by atoms with van der Waals surface area (Å²) < 4.78 is 31.3. The molecular weight excluding hydrogens is 302 g/mol. The van der Waals surface area contributed by atoms with Gasteiger partial charge in [-0.1, -0.05) is 30.3 Å². The lowest BCUT2D eigenvalue weighted by Gasteiger charge is -2.03. The minimum atomic E-state index is -3.87. The van der Waals surface area contributed by atoms with Crippen molar-refractivity contribution in [3.8, 4) is 0 Å². The standard InChI is InChI=1S/C16H17NO4S/c1-11-12(2)21-13(3)15(11)16(18)17-22(19,20)10-9-14-7-5-4-6-8-14/h4-10H,1-3H3,(H,17,18)/b10-9+. The van der Waals surface area contributed by atoms with Crippen molar-refractivity contribution in [2.75, 3.05) is 0 Å². The first-order valence-corrected chi connectivity index (χ1v) is 8.21. The highest BCUT2D eigenvalue weighted by Crippen LogP contribution is 2.20. The molecule has 0 saturated heterocycles. The van der Waals surface area contributed by atoms with E-state index in [-0.39, 0.29) is 5.56 Å². The van der Waals surface area contributed by atoms with Crippen LogP contribution in [0.2, 0.25) is 0 Å². The average molecular weight is 319 g/mol. The first-order chi connectivity index (χ1) is 10.3. The summed E-state index contributed by atoms with van der Waals surface area (Å²) in [5.74, 6) is 0.305. The Balaban J connectivity index is 2.18. The third-order valence-corrected chi connectivity index (χ3v) is 4.23. The molecule has 0 bridgehead atoms. The molecular formula is C16H17NO4S. The van der Waals surface area contributed by atoms with E-state index in [1.54, 1.807) is 45.0 Å². The normalized spacial score (nSPS) is 11.8. The number of carbonyl (C=O) groups excluding carboxylic acids is 1. The van der Waals surface area contributed by atoms with E-state index in [0.29, 0.717) is 17.1 Å². The quantitative estimate of drug-likeness (QED) is 0.940. The molecule has 0 atom stereocenters. The molecule has 1 heterocycles. The van der Waals surface area contributed by atoms with Crippen LogP contribution in [0.15, 0.2) is 40.2 Å². The van der Waals surface area contributed by atoms with E-state index in [0.717, 1.165) is 11.0 Å². The van der Waals surface area contributed by atoms with E-state index in [9.17, 15) is 13.2 Å². The van der Waals surface area contributed by atoms with Crippen LogP contribution in [0.4, 0.5) is 0 Å². The van der Waals surface area contributed by atoms with Gasteiger partial charge in [0.2, 0.25) is 0 Å². The van der Waals surface area contributed by atoms with E-state index in [1.165, 1.54) is 6.08 Å². The molecule has 1 amide bonds. The maximum Gasteiger partial charge on any atom is 0.268 e. The van der Waals surface area contributed by atoms with Crippen molar-refractivity contribution in [1.82, 2.24) is 4.72 Å². The molecule has 0 saturated carbocycles. The SMILES string of the molecule is Cc1oc(C)c(C(=O)NS(=O)(=O)/C=C/c2ccccc2)c1C. The number of nitrogens with one attached hydrogen (secondary N) is 1. The Hall–Kier alpha value is -2.34. The molecule has 0 unspecified atom stereocenters. The molecule has 2 rings (SSSR count). The van der Waals surface area contributed by atoms with Gasteiger partial charge in [-0.25, -0.2) is 13.1 Å². The van der Waals surface area contributed by atoms with Crippen LogP contribution in [-0.4, -0.2) is 14.3 Å². The van der Waals surface area contributed by atoms with Gasteiger partial charge in [-0.2, -0.15) is 0 Å². The van der Waals surface area contributed by atoms with Gasteiger partial charge in [0.05, 0.1) is 11.0 Å². The number of hydrogen-bond acceptors (Lipinski definition) is 4. The first kappa shape index (κ1) is 16.0. The fourth-order valence-corrected chi connectivity index (χ4v) is 2.84. The van der Waals surface area contributed by atoms with E-state index < -0.39 is 15.9 Å². The second-order valence-electron chi connectivity index (χ2n) is 4.90. The van der Waals surface area contributed by atoms with Crippen LogP contribution in [0, 0.1) is 20.8 Å². The van der Waals surface area contributed by atoms with Crippen molar-refractivity contribution in [1.29, 1.82) is 0 Å². The molecule has 116 valence electrons. The Morgan fingerprint density at radius 2 is 1.73 bits per heavy atom. The summed E-state index contributed by atoms with van der Waals surface area (Å²) in [6, 6.07) is 8.96. The van der Waals surface area contributed by atoms with Crippen molar-refractivity contribution in [3.63, 3.8) is 0 Å². The summed E-state index contributed by atoms with van der Waals surface area (Å²) in [5.41, 5.74) is 1.62. The molecule has 2 aromatic rings. The highest BCUT2D eigenvalue weighted by molar-refractivity contribution is 7.93. The highest BCUT2D eigenvalue weighted by atomic mass is 32.2. The van der Waals surface area contributed by atoms with Crippen LogP contribution in [0.3, 0.4) is 0 Å². The van der Waals surface area contributed by atoms with E-state index >= 15 is 0 Å². The summed E-state index contributed by atoms with van der Waals surface area (Å²) in [4.78, 5) is 12.1. The Morgan fingerprint density at radius 3 is 2.27 bits per heavy atom. The fraction of sp³-hybridized carbons (Fsp3) is 0.188. The van der Waals surface area contributed by atoms with Gasteiger partial charge in [0.1, 0.15) is 11.5 Å². The molecule has 0 radical (unpaired) electrons. The van der Waals surface area contributed by atoms with Crippen LogP contribution in [0.1, 0.15) is 33.0 Å². The summed E-state index contributed by atoms with van der Waals surface area (Å²) in [7, 11) is -3.87. The zero-order valence-electron chi connectivity index (χ0n) is 12.6. The predicted molar refractivity (Wildman–Crippen MR) is 84.8 cm³/mol. The number of amides is 1. The first-order valence-electron chi connectivity index (χ1n) is 6.67. The minimum absolute atomic E-state index is 0.259. The van der Waals surface area contributed by atoms with Gasteiger partial charge in [0.15, 0.2) is 0 Å². The Bertz CT molecular complexity index is 817. The molecule has 1 N–H and O–H groups in total. The Morgan fingerprint density at radius 1 is 1.09 bits per heavy atom. The zero-order valence-corrected chi connectivity index (χ0v) is 13.4. The third-order valence-electron chi connectivity index (χ3n) is 3.26. The molecule has 0 fully saturated rings. The minimum Gasteiger partial charge on any atom is -0.466 e. The summed E-state index contributed by atoms with van der Waals surface area (Å²) in [5, 5.41) is 0.970. The number of benzene rings is 1. The molecule has 0 aliphatic rings. The number of sulfonamides is 1. The largest absolute Gasteiger partial charge is 0.466 e. The number of hydrogen-bond donors (Lipinski definition) is 1. The molecule has 5 nitrogen and oxygen atoms in total. The number of furan rings is 1. The lowest BCUT2D eigenvalue weighted by atomic mass is 10.1. The smallest absolute Gasteiger partial charge is 0.268 e. The van der Waals surface area contributed by atoms with Crippen molar-refractivity contribution < 1.29 is 17.6 Å². The van der Waals surface area contributed by atoms with Gasteiger partial charge in [-0.15, -0.1) is 0 Å². The zero-order chi connectivity index (χ0) is 16.3. The summed E-state index contributed by atoms with van der Waals surface area (Å²) in [6.45, 7) is 5.07. The summed E-state index contributed by atoms with van der Waals surface area (Å²) >= 11 is 0. The van der Waals surface area contributed by atoms with Crippen LogP contribution < -0.4 is 4.72 Å². The molecule has 1 aromatic heterocycles. The van der Waals surface area contributed by atoms with Crippen molar-refractivity contribution in [3.05, 3.63) is 64.0 Å². The fourth-order valence-electron chi connectivity index (χ4n) is 2.07. The second kappa shape index (κ2) is 6.19. The molecule has 6 heteroatoms. The summed E-state index contributed by atoms with van der Waals surface area (Å²) in [6.07, 6.45) is 1.43. The molecule has 1 aromatic carbocycles. The number of rotatable bonds is 4. The maximum absolute atomic E-state index is 12.1. The van der Waals surface area contributed by atoms with Gasteiger partial charge < -0.3 is 4.42 Å². The Labute approximate surface area is 129 Å². The molecule has 0 aliphatic carbocycles. The van der Waals surface area contributed by atoms with Crippen LogP contribution in [0.25, 0.3) is 6.08 Å². The van der Waals surface area contributed by atoms with E-state index in [1.807, 2.05) is 10.8 Å². The average Bonchev–Trinajstić information content (AvgIpc) is 2.71. The van der Waals surface area contributed by atoms with E-state index in [2.05, 4.69) is 0 Å². The van der Waals surface area contributed by atoms with Crippen molar-refractivity contribution in [2.45, 2.75) is 20.8 Å². The maximum atomic E-state index is 12.1.